The monoisotopic (exact) mass is 252 g/mol. The van der Waals surface area contributed by atoms with E-state index in [0.29, 0.717) is 12.8 Å². The second kappa shape index (κ2) is 5.48. The zero-order valence-corrected chi connectivity index (χ0v) is 10.3. The zero-order valence-electron chi connectivity index (χ0n) is 10.3. The van der Waals surface area contributed by atoms with E-state index in [1.807, 2.05) is 6.92 Å². The molecule has 1 aromatic heterocycles. The van der Waals surface area contributed by atoms with E-state index in [-0.39, 0.29) is 5.56 Å². The molecule has 0 saturated heterocycles. The highest BCUT2D eigenvalue weighted by Crippen LogP contribution is 2.13. The quantitative estimate of drug-likeness (QED) is 0.720. The fourth-order valence-electron chi connectivity index (χ4n) is 1.63. The van der Waals surface area contributed by atoms with E-state index in [1.165, 1.54) is 19.2 Å². The fraction of sp³-hybridized carbons (Fsp3) is 0.417. The minimum atomic E-state index is -1.32. The van der Waals surface area contributed by atoms with Crippen LogP contribution in [0.2, 0.25) is 0 Å². The van der Waals surface area contributed by atoms with E-state index >= 15 is 0 Å². The molecule has 18 heavy (non-hydrogen) atoms. The highest BCUT2D eigenvalue weighted by Gasteiger charge is 2.34. The molecule has 0 saturated carbocycles. The van der Waals surface area contributed by atoms with Crippen LogP contribution in [0.15, 0.2) is 23.1 Å². The van der Waals surface area contributed by atoms with Crippen molar-refractivity contribution in [3.63, 3.8) is 0 Å². The number of nitrogens with one attached hydrogen (secondary N) is 2. The number of aromatic amines is 1. The molecule has 3 N–H and O–H groups in total. The van der Waals surface area contributed by atoms with Crippen LogP contribution in [0.1, 0.15) is 37.0 Å². The van der Waals surface area contributed by atoms with Gasteiger partial charge in [0.1, 0.15) is 5.54 Å². The van der Waals surface area contributed by atoms with Crippen LogP contribution in [0.5, 0.6) is 0 Å². The van der Waals surface area contributed by atoms with Crippen molar-refractivity contribution in [2.24, 2.45) is 0 Å². The van der Waals surface area contributed by atoms with Gasteiger partial charge in [-0.3, -0.25) is 9.59 Å². The fourth-order valence-corrected chi connectivity index (χ4v) is 1.63. The first-order valence-electron chi connectivity index (χ1n) is 5.63. The van der Waals surface area contributed by atoms with Gasteiger partial charge in [0.2, 0.25) is 5.56 Å². The Hall–Kier alpha value is -2.11. The predicted molar refractivity (Wildman–Crippen MR) is 65.5 cm³/mol. The van der Waals surface area contributed by atoms with Gasteiger partial charge in [0.05, 0.1) is 0 Å². The highest BCUT2D eigenvalue weighted by molar-refractivity contribution is 5.97. The van der Waals surface area contributed by atoms with Crippen molar-refractivity contribution in [1.29, 1.82) is 0 Å². The average Bonchev–Trinajstić information content (AvgIpc) is 2.29. The summed E-state index contributed by atoms with van der Waals surface area (Å²) in [6.07, 6.45) is 2.28. The maximum absolute atomic E-state index is 11.9. The minimum absolute atomic E-state index is 0.141. The van der Waals surface area contributed by atoms with E-state index in [1.54, 1.807) is 0 Å². The maximum atomic E-state index is 11.9. The summed E-state index contributed by atoms with van der Waals surface area (Å²) in [6.45, 7) is 3.28. The molecule has 6 heteroatoms. The first-order chi connectivity index (χ1) is 8.39. The smallest absolute Gasteiger partial charge is 0.329 e. The molecule has 98 valence electrons. The van der Waals surface area contributed by atoms with Gasteiger partial charge in [-0.05, 0) is 19.4 Å². The summed E-state index contributed by atoms with van der Waals surface area (Å²) in [4.78, 5) is 36.5. The van der Waals surface area contributed by atoms with Gasteiger partial charge >= 0.3 is 5.97 Å². The van der Waals surface area contributed by atoms with Gasteiger partial charge in [0, 0.05) is 17.8 Å². The zero-order chi connectivity index (χ0) is 13.8. The Morgan fingerprint density at radius 2 is 2.17 bits per heavy atom. The van der Waals surface area contributed by atoms with Crippen LogP contribution in [0.4, 0.5) is 0 Å². The van der Waals surface area contributed by atoms with Gasteiger partial charge in [-0.1, -0.05) is 13.3 Å². The Morgan fingerprint density at radius 1 is 1.50 bits per heavy atom. The number of hydrogen-bond donors (Lipinski definition) is 3. The van der Waals surface area contributed by atoms with Gasteiger partial charge in [-0.25, -0.2) is 4.79 Å². The van der Waals surface area contributed by atoms with Gasteiger partial charge in [0.15, 0.2) is 0 Å². The Bertz CT molecular complexity index is 509. The standard InChI is InChI=1S/C12H16N2O4/c1-3-5-12(2,11(17)18)14-10(16)8-4-6-13-9(15)7-8/h4,6-7H,3,5H2,1-2H3,(H,13,15)(H,14,16)(H,17,18). The Balaban J connectivity index is 2.92. The molecule has 1 unspecified atom stereocenters. The molecular formula is C12H16N2O4. The van der Waals surface area contributed by atoms with E-state index < -0.39 is 23.0 Å². The largest absolute Gasteiger partial charge is 0.480 e. The number of carboxylic acids is 1. The molecule has 1 aromatic rings. The molecule has 0 radical (unpaired) electrons. The number of aliphatic carboxylic acids is 1. The van der Waals surface area contributed by atoms with Gasteiger partial charge in [-0.2, -0.15) is 0 Å². The van der Waals surface area contributed by atoms with Gasteiger partial charge in [-0.15, -0.1) is 0 Å². The van der Waals surface area contributed by atoms with Crippen molar-refractivity contribution in [1.82, 2.24) is 10.3 Å². The molecule has 0 aromatic carbocycles. The predicted octanol–water partition coefficient (Wildman–Crippen LogP) is 0.748. The molecule has 1 rings (SSSR count). The molecule has 1 amide bonds. The number of aromatic nitrogens is 1. The summed E-state index contributed by atoms with van der Waals surface area (Å²) in [7, 11) is 0. The molecule has 0 aliphatic carbocycles. The molecule has 0 aliphatic rings. The molecule has 1 atom stereocenters. The molecular weight excluding hydrogens is 236 g/mol. The number of amides is 1. The maximum Gasteiger partial charge on any atom is 0.329 e. The lowest BCUT2D eigenvalue weighted by Gasteiger charge is -2.25. The third-order valence-corrected chi connectivity index (χ3v) is 2.65. The van der Waals surface area contributed by atoms with Crippen molar-refractivity contribution in [3.8, 4) is 0 Å². The molecule has 0 spiro atoms. The normalized spacial score (nSPS) is 13.7. The summed E-state index contributed by atoms with van der Waals surface area (Å²) >= 11 is 0. The number of H-pyrrole nitrogens is 1. The third-order valence-electron chi connectivity index (χ3n) is 2.65. The molecule has 6 nitrogen and oxygen atoms in total. The van der Waals surface area contributed by atoms with Crippen molar-refractivity contribution >= 4 is 11.9 Å². The molecule has 0 bridgehead atoms. The van der Waals surface area contributed by atoms with Crippen LogP contribution in [-0.4, -0.2) is 27.5 Å². The van der Waals surface area contributed by atoms with Crippen molar-refractivity contribution < 1.29 is 14.7 Å². The number of rotatable bonds is 5. The lowest BCUT2D eigenvalue weighted by Crippen LogP contribution is -2.52. The molecule has 0 aliphatic heterocycles. The Labute approximate surface area is 104 Å². The SMILES string of the molecule is CCCC(C)(NC(=O)c1cc[nH]c(=O)c1)C(=O)O. The van der Waals surface area contributed by atoms with Crippen LogP contribution in [0.3, 0.4) is 0 Å². The van der Waals surface area contributed by atoms with Crippen molar-refractivity contribution in [3.05, 3.63) is 34.2 Å². The summed E-state index contributed by atoms with van der Waals surface area (Å²) in [6, 6.07) is 2.55. The van der Waals surface area contributed by atoms with Gasteiger partial charge < -0.3 is 15.4 Å². The second-order valence-corrected chi connectivity index (χ2v) is 4.28. The number of carboxylic acid groups (broad SMARTS) is 1. The lowest BCUT2D eigenvalue weighted by molar-refractivity contribution is -0.144. The summed E-state index contributed by atoms with van der Waals surface area (Å²) < 4.78 is 0. The van der Waals surface area contributed by atoms with Crippen LogP contribution < -0.4 is 10.9 Å². The lowest BCUT2D eigenvalue weighted by atomic mass is 9.96. The van der Waals surface area contributed by atoms with E-state index in [9.17, 15) is 14.4 Å². The Morgan fingerprint density at radius 3 is 2.67 bits per heavy atom. The number of hydrogen-bond acceptors (Lipinski definition) is 3. The number of carbonyl (C=O) groups excluding carboxylic acids is 1. The first kappa shape index (κ1) is 14.0. The van der Waals surface area contributed by atoms with Crippen LogP contribution >= 0.6 is 0 Å². The van der Waals surface area contributed by atoms with Crippen LogP contribution in [0, 0.1) is 0 Å². The van der Waals surface area contributed by atoms with Crippen molar-refractivity contribution in [2.45, 2.75) is 32.2 Å². The van der Waals surface area contributed by atoms with Crippen LogP contribution in [-0.2, 0) is 4.79 Å². The molecule has 0 fully saturated rings. The number of carbonyl (C=O) groups is 2. The highest BCUT2D eigenvalue weighted by atomic mass is 16.4. The summed E-state index contributed by atoms with van der Waals surface area (Å²) in [5.41, 5.74) is -1.59. The van der Waals surface area contributed by atoms with E-state index in [0.717, 1.165) is 6.07 Å². The Kier molecular flexibility index (Phi) is 4.25. The summed E-state index contributed by atoms with van der Waals surface area (Å²) in [5.74, 6) is -1.66. The molecule has 1 heterocycles. The van der Waals surface area contributed by atoms with Crippen molar-refractivity contribution in [2.75, 3.05) is 0 Å². The van der Waals surface area contributed by atoms with Crippen LogP contribution in [0.25, 0.3) is 0 Å². The average molecular weight is 252 g/mol. The van der Waals surface area contributed by atoms with Gasteiger partial charge in [0.25, 0.3) is 5.91 Å². The third kappa shape index (κ3) is 3.19. The topological polar surface area (TPSA) is 99.3 Å². The second-order valence-electron chi connectivity index (χ2n) is 4.28. The minimum Gasteiger partial charge on any atom is -0.480 e. The van der Waals surface area contributed by atoms with E-state index in [2.05, 4.69) is 10.3 Å². The first-order valence-corrected chi connectivity index (χ1v) is 5.63. The van der Waals surface area contributed by atoms with E-state index in [4.69, 9.17) is 5.11 Å². The summed E-state index contributed by atoms with van der Waals surface area (Å²) in [5, 5.41) is 11.6. The number of pyridine rings is 1.